The number of nitrogens with one attached hydrogen (secondary N) is 1. The highest BCUT2D eigenvalue weighted by atomic mass is 35.5. The number of carbonyl (C=O) groups excluding carboxylic acids is 1. The molecule has 2 aromatic carbocycles. The molecule has 0 aliphatic carbocycles. The highest BCUT2D eigenvalue weighted by Crippen LogP contribution is 2.26. The van der Waals surface area contributed by atoms with Gasteiger partial charge in [0.25, 0.3) is 5.91 Å². The van der Waals surface area contributed by atoms with Crippen LogP contribution in [0.15, 0.2) is 60.8 Å². The number of amides is 1. The molecule has 3 rings (SSSR count). The van der Waals surface area contributed by atoms with Crippen LogP contribution in [0, 0.1) is 0 Å². The van der Waals surface area contributed by atoms with Crippen LogP contribution in [-0.2, 0) is 16.0 Å². The van der Waals surface area contributed by atoms with E-state index in [1.165, 1.54) is 18.4 Å². The summed E-state index contributed by atoms with van der Waals surface area (Å²) >= 11 is 7.62. The minimum absolute atomic E-state index is 0.243. The normalized spacial score (nSPS) is 11.9. The Morgan fingerprint density at radius 3 is 2.64 bits per heavy atom. The molecule has 0 spiro atoms. The summed E-state index contributed by atoms with van der Waals surface area (Å²) < 4.78 is 5.34. The van der Waals surface area contributed by atoms with E-state index in [0.29, 0.717) is 11.6 Å². The van der Waals surface area contributed by atoms with Gasteiger partial charge in [-0.2, -0.15) is 0 Å². The zero-order chi connectivity index (χ0) is 17.6. The maximum atomic E-state index is 12.5. The molecule has 25 heavy (non-hydrogen) atoms. The highest BCUT2D eigenvalue weighted by molar-refractivity contribution is 7.15. The van der Waals surface area contributed by atoms with Gasteiger partial charge in [-0.15, -0.1) is 11.3 Å². The minimum atomic E-state index is -0.669. The van der Waals surface area contributed by atoms with E-state index in [-0.39, 0.29) is 5.91 Å². The van der Waals surface area contributed by atoms with E-state index < -0.39 is 6.10 Å². The first kappa shape index (κ1) is 17.6. The first-order valence-electron chi connectivity index (χ1n) is 7.74. The van der Waals surface area contributed by atoms with Crippen molar-refractivity contribution < 1.29 is 9.53 Å². The predicted molar refractivity (Wildman–Crippen MR) is 101 cm³/mol. The number of methoxy groups -OCH3 is 1. The lowest BCUT2D eigenvalue weighted by Gasteiger charge is -2.14. The van der Waals surface area contributed by atoms with E-state index in [0.717, 1.165) is 21.0 Å². The molecule has 0 radical (unpaired) electrons. The van der Waals surface area contributed by atoms with Crippen molar-refractivity contribution in [3.63, 3.8) is 0 Å². The van der Waals surface area contributed by atoms with Gasteiger partial charge in [-0.25, -0.2) is 4.98 Å². The number of rotatable bonds is 6. The topological polar surface area (TPSA) is 51.2 Å². The third-order valence-electron chi connectivity index (χ3n) is 3.68. The maximum absolute atomic E-state index is 12.5. The fourth-order valence-corrected chi connectivity index (χ4v) is 3.51. The number of nitrogens with zero attached hydrogens (tertiary/aromatic N) is 1. The molecule has 0 fully saturated rings. The van der Waals surface area contributed by atoms with Crippen molar-refractivity contribution in [2.75, 3.05) is 12.4 Å². The lowest BCUT2D eigenvalue weighted by atomic mass is 10.1. The third-order valence-corrected chi connectivity index (χ3v) is 4.96. The molecule has 0 saturated carbocycles. The number of benzene rings is 2. The van der Waals surface area contributed by atoms with Crippen LogP contribution in [0.4, 0.5) is 5.13 Å². The zero-order valence-electron chi connectivity index (χ0n) is 13.6. The van der Waals surface area contributed by atoms with Gasteiger partial charge in [0.15, 0.2) is 11.2 Å². The molecule has 1 atom stereocenters. The standard InChI is InChI=1S/C19H17ClN2O2S/c1-24-17(13-7-3-2-4-8-13)18(23)22-19-21-12-15(25-19)11-14-9-5-6-10-16(14)20/h2-10,12,17H,11H2,1H3,(H,21,22,23)/t17-/m0/s1. The Balaban J connectivity index is 1.68. The van der Waals surface area contributed by atoms with Crippen molar-refractivity contribution in [2.24, 2.45) is 0 Å². The van der Waals surface area contributed by atoms with Gasteiger partial charge in [-0.05, 0) is 17.2 Å². The molecule has 0 bridgehead atoms. The molecule has 0 saturated heterocycles. The number of halogens is 1. The Bertz CT molecular complexity index is 851. The molecule has 1 aromatic heterocycles. The molecule has 128 valence electrons. The Labute approximate surface area is 155 Å². The summed E-state index contributed by atoms with van der Waals surface area (Å²) in [5.74, 6) is -0.243. The minimum Gasteiger partial charge on any atom is -0.367 e. The summed E-state index contributed by atoms with van der Waals surface area (Å²) in [6.45, 7) is 0. The largest absolute Gasteiger partial charge is 0.367 e. The molecule has 1 N–H and O–H groups in total. The Morgan fingerprint density at radius 1 is 1.20 bits per heavy atom. The number of hydrogen-bond acceptors (Lipinski definition) is 4. The lowest BCUT2D eigenvalue weighted by Crippen LogP contribution is -2.22. The van der Waals surface area contributed by atoms with Gasteiger partial charge >= 0.3 is 0 Å². The summed E-state index contributed by atoms with van der Waals surface area (Å²) in [6.07, 6.45) is 1.77. The second kappa shape index (κ2) is 8.25. The van der Waals surface area contributed by atoms with Gasteiger partial charge in [-0.3, -0.25) is 10.1 Å². The quantitative estimate of drug-likeness (QED) is 0.681. The van der Waals surface area contributed by atoms with Gasteiger partial charge in [0.05, 0.1) is 0 Å². The van der Waals surface area contributed by atoms with Crippen molar-refractivity contribution in [1.82, 2.24) is 4.98 Å². The Morgan fingerprint density at radius 2 is 1.92 bits per heavy atom. The van der Waals surface area contributed by atoms with Gasteiger partial charge in [-0.1, -0.05) is 60.1 Å². The highest BCUT2D eigenvalue weighted by Gasteiger charge is 2.21. The Hall–Kier alpha value is -2.21. The molecule has 1 amide bonds. The van der Waals surface area contributed by atoms with E-state index >= 15 is 0 Å². The molecular formula is C19H17ClN2O2S. The number of aromatic nitrogens is 1. The molecule has 0 aliphatic rings. The van der Waals surface area contributed by atoms with Crippen molar-refractivity contribution in [3.05, 3.63) is 81.8 Å². The smallest absolute Gasteiger partial charge is 0.259 e. The van der Waals surface area contributed by atoms with Crippen LogP contribution < -0.4 is 5.32 Å². The van der Waals surface area contributed by atoms with E-state index in [4.69, 9.17) is 16.3 Å². The summed E-state index contributed by atoms with van der Waals surface area (Å²) in [7, 11) is 1.52. The van der Waals surface area contributed by atoms with Crippen molar-refractivity contribution in [1.29, 1.82) is 0 Å². The molecule has 6 heteroatoms. The fraction of sp³-hybridized carbons (Fsp3) is 0.158. The summed E-state index contributed by atoms with van der Waals surface area (Å²) in [5, 5.41) is 4.10. The molecule has 3 aromatic rings. The first-order valence-corrected chi connectivity index (χ1v) is 8.93. The van der Waals surface area contributed by atoms with Crippen molar-refractivity contribution in [3.8, 4) is 0 Å². The van der Waals surface area contributed by atoms with Crippen LogP contribution in [-0.4, -0.2) is 18.0 Å². The van der Waals surface area contributed by atoms with Gasteiger partial charge in [0.1, 0.15) is 0 Å². The Kier molecular flexibility index (Phi) is 5.81. The summed E-state index contributed by atoms with van der Waals surface area (Å²) in [5.41, 5.74) is 1.83. The van der Waals surface area contributed by atoms with Crippen molar-refractivity contribution in [2.45, 2.75) is 12.5 Å². The molecule has 0 unspecified atom stereocenters. The number of hydrogen-bond donors (Lipinski definition) is 1. The molecule has 1 heterocycles. The van der Waals surface area contributed by atoms with Gasteiger partial charge in [0.2, 0.25) is 0 Å². The second-order valence-corrected chi connectivity index (χ2v) is 6.94. The van der Waals surface area contributed by atoms with Crippen LogP contribution in [0.2, 0.25) is 5.02 Å². The molecule has 4 nitrogen and oxygen atoms in total. The third kappa shape index (κ3) is 4.45. The van der Waals surface area contributed by atoms with Crippen LogP contribution >= 0.6 is 22.9 Å². The SMILES string of the molecule is CO[C@H](C(=O)Nc1ncc(Cc2ccccc2Cl)s1)c1ccccc1. The number of ether oxygens (including phenoxy) is 1. The van der Waals surface area contributed by atoms with Crippen LogP contribution in [0.5, 0.6) is 0 Å². The van der Waals surface area contributed by atoms with E-state index in [1.54, 1.807) is 6.20 Å². The zero-order valence-corrected chi connectivity index (χ0v) is 15.2. The van der Waals surface area contributed by atoms with E-state index in [9.17, 15) is 4.79 Å². The molecular weight excluding hydrogens is 356 g/mol. The van der Waals surface area contributed by atoms with Crippen LogP contribution in [0.3, 0.4) is 0 Å². The van der Waals surface area contributed by atoms with Gasteiger partial charge < -0.3 is 4.74 Å². The average Bonchev–Trinajstić information content (AvgIpc) is 3.05. The lowest BCUT2D eigenvalue weighted by molar-refractivity contribution is -0.126. The summed E-state index contributed by atoms with van der Waals surface area (Å²) in [6, 6.07) is 17.1. The number of carbonyl (C=O) groups is 1. The first-order chi connectivity index (χ1) is 12.2. The number of anilines is 1. The molecule has 0 aliphatic heterocycles. The predicted octanol–water partition coefficient (Wildman–Crippen LogP) is 4.71. The maximum Gasteiger partial charge on any atom is 0.259 e. The van der Waals surface area contributed by atoms with Crippen molar-refractivity contribution >= 4 is 34.0 Å². The monoisotopic (exact) mass is 372 g/mol. The average molecular weight is 373 g/mol. The van der Waals surface area contributed by atoms with E-state index in [2.05, 4.69) is 10.3 Å². The van der Waals surface area contributed by atoms with E-state index in [1.807, 2.05) is 54.6 Å². The summed E-state index contributed by atoms with van der Waals surface area (Å²) in [4.78, 5) is 17.8. The second-order valence-electron chi connectivity index (χ2n) is 5.42. The fourth-order valence-electron chi connectivity index (χ4n) is 2.47. The van der Waals surface area contributed by atoms with Crippen LogP contribution in [0.1, 0.15) is 22.1 Å². The van der Waals surface area contributed by atoms with Gasteiger partial charge in [0, 0.05) is 29.6 Å². The number of thiazole rings is 1. The van der Waals surface area contributed by atoms with Crippen LogP contribution in [0.25, 0.3) is 0 Å².